The highest BCUT2D eigenvalue weighted by Gasteiger charge is 2.39. The Morgan fingerprint density at radius 3 is 2.58 bits per heavy atom. The molecule has 0 amide bonds. The molecule has 31 heavy (non-hydrogen) atoms. The number of ether oxygens (including phenoxy) is 3. The van der Waals surface area contributed by atoms with E-state index < -0.39 is 17.9 Å². The maximum atomic E-state index is 13.0. The van der Waals surface area contributed by atoms with Crippen molar-refractivity contribution >= 4 is 23.5 Å². The summed E-state index contributed by atoms with van der Waals surface area (Å²) in [5, 5.41) is 17.0. The van der Waals surface area contributed by atoms with Crippen LogP contribution in [0.25, 0.3) is 0 Å². The van der Waals surface area contributed by atoms with Crippen molar-refractivity contribution in [3.63, 3.8) is 0 Å². The van der Waals surface area contributed by atoms with Gasteiger partial charge in [-0.3, -0.25) is 0 Å². The van der Waals surface area contributed by atoms with Crippen molar-refractivity contribution < 1.29 is 23.8 Å². The zero-order chi connectivity index (χ0) is 22.4. The van der Waals surface area contributed by atoms with E-state index in [1.807, 2.05) is 0 Å². The van der Waals surface area contributed by atoms with Gasteiger partial charge in [0.2, 0.25) is 0 Å². The number of halogens is 1. The number of esters is 2. The summed E-state index contributed by atoms with van der Waals surface area (Å²) in [7, 11) is 1.28. The molecule has 1 atom stereocenters. The van der Waals surface area contributed by atoms with Crippen LogP contribution in [-0.4, -0.2) is 52.9 Å². The van der Waals surface area contributed by atoms with Crippen LogP contribution in [0.5, 0.6) is 0 Å². The van der Waals surface area contributed by atoms with Crippen LogP contribution < -0.4 is 5.32 Å². The fourth-order valence-corrected chi connectivity index (χ4v) is 3.59. The summed E-state index contributed by atoms with van der Waals surface area (Å²) in [6, 6.07) is 7.00. The normalized spacial score (nSPS) is 16.2. The topological polar surface area (TPSA) is 128 Å². The molecule has 1 aromatic carbocycles. The molecule has 0 fully saturated rings. The lowest BCUT2D eigenvalue weighted by Gasteiger charge is -2.31. The Bertz CT molecular complexity index is 1020. The number of allylic oxidation sites excluding steroid dienone is 1. The van der Waals surface area contributed by atoms with Gasteiger partial charge in [0.05, 0.1) is 43.1 Å². The molecule has 1 aliphatic heterocycles. The Labute approximate surface area is 183 Å². The van der Waals surface area contributed by atoms with E-state index in [4.69, 9.17) is 25.8 Å². The average Bonchev–Trinajstić information content (AvgIpc) is 3.27. The lowest BCUT2D eigenvalue weighted by atomic mass is 9.80. The van der Waals surface area contributed by atoms with Gasteiger partial charge in [-0.2, -0.15) is 5.21 Å². The summed E-state index contributed by atoms with van der Waals surface area (Å²) in [6.45, 7) is 3.66. The smallest absolute Gasteiger partial charge is 0.336 e. The molecule has 0 saturated carbocycles. The molecule has 0 saturated heterocycles. The van der Waals surface area contributed by atoms with Crippen LogP contribution >= 0.6 is 11.6 Å². The Morgan fingerprint density at radius 1 is 1.16 bits per heavy atom. The van der Waals surface area contributed by atoms with Gasteiger partial charge in [0, 0.05) is 10.7 Å². The van der Waals surface area contributed by atoms with Gasteiger partial charge in [0.25, 0.3) is 0 Å². The summed E-state index contributed by atoms with van der Waals surface area (Å²) in [5.74, 6) is -1.61. The van der Waals surface area contributed by atoms with Crippen molar-refractivity contribution in [3.8, 4) is 0 Å². The molecule has 2 aromatic rings. The van der Waals surface area contributed by atoms with Crippen molar-refractivity contribution in [1.29, 1.82) is 0 Å². The van der Waals surface area contributed by atoms with E-state index in [2.05, 4.69) is 25.9 Å². The number of hydrogen-bond acceptors (Lipinski definition) is 9. The Hall–Kier alpha value is -3.24. The molecule has 11 heteroatoms. The predicted octanol–water partition coefficient (Wildman–Crippen LogP) is 2.02. The van der Waals surface area contributed by atoms with Gasteiger partial charge in [-0.25, -0.2) is 9.59 Å². The van der Waals surface area contributed by atoms with E-state index in [1.54, 1.807) is 38.1 Å². The molecule has 164 valence electrons. The first kappa shape index (κ1) is 22.4. The summed E-state index contributed by atoms with van der Waals surface area (Å²) in [6.07, 6.45) is 0. The van der Waals surface area contributed by atoms with Crippen LogP contribution in [-0.2, 0) is 30.4 Å². The number of tetrazole rings is 1. The first-order valence-corrected chi connectivity index (χ1v) is 9.86. The molecular formula is C20H22ClN5O5. The zero-order valence-electron chi connectivity index (χ0n) is 17.3. The largest absolute Gasteiger partial charge is 0.466 e. The number of aromatic amines is 1. The van der Waals surface area contributed by atoms with Crippen molar-refractivity contribution in [2.75, 3.05) is 20.3 Å². The molecule has 10 nitrogen and oxygen atoms in total. The monoisotopic (exact) mass is 447 g/mol. The van der Waals surface area contributed by atoms with Gasteiger partial charge in [-0.05, 0) is 25.5 Å². The van der Waals surface area contributed by atoms with Gasteiger partial charge >= 0.3 is 11.9 Å². The Balaban J connectivity index is 2.07. The number of carbonyl (C=O) groups excluding carboxylic acids is 2. The lowest BCUT2D eigenvalue weighted by Crippen LogP contribution is -2.34. The fraction of sp³-hybridized carbons (Fsp3) is 0.350. The second kappa shape index (κ2) is 10.2. The van der Waals surface area contributed by atoms with Gasteiger partial charge in [0.1, 0.15) is 6.61 Å². The molecule has 0 spiro atoms. The van der Waals surface area contributed by atoms with Gasteiger partial charge in [0.15, 0.2) is 5.82 Å². The number of hydrogen-bond donors (Lipinski definition) is 2. The van der Waals surface area contributed by atoms with Crippen LogP contribution in [0.2, 0.25) is 5.02 Å². The minimum atomic E-state index is -0.801. The summed E-state index contributed by atoms with van der Waals surface area (Å²) < 4.78 is 16.0. The molecule has 2 heterocycles. The molecule has 0 aliphatic carbocycles. The molecule has 1 unspecified atom stereocenters. The van der Waals surface area contributed by atoms with Crippen molar-refractivity contribution in [3.05, 3.63) is 63.2 Å². The molecule has 1 aromatic heterocycles. The second-order valence-electron chi connectivity index (χ2n) is 6.54. The minimum absolute atomic E-state index is 0.00936. The van der Waals surface area contributed by atoms with E-state index in [0.717, 1.165) is 0 Å². The number of methoxy groups -OCH3 is 1. The van der Waals surface area contributed by atoms with Crippen molar-refractivity contribution in [2.24, 2.45) is 0 Å². The van der Waals surface area contributed by atoms with Gasteiger partial charge < -0.3 is 19.5 Å². The highest BCUT2D eigenvalue weighted by molar-refractivity contribution is 6.31. The van der Waals surface area contributed by atoms with Crippen LogP contribution in [0, 0.1) is 0 Å². The lowest BCUT2D eigenvalue weighted by molar-refractivity contribution is -0.139. The van der Waals surface area contributed by atoms with Crippen molar-refractivity contribution in [1.82, 2.24) is 25.9 Å². The number of aromatic nitrogens is 4. The molecule has 0 bridgehead atoms. The maximum absolute atomic E-state index is 13.0. The van der Waals surface area contributed by atoms with Crippen LogP contribution in [0.15, 0.2) is 46.8 Å². The summed E-state index contributed by atoms with van der Waals surface area (Å²) in [4.78, 5) is 25.7. The number of rotatable bonds is 8. The number of benzene rings is 1. The summed E-state index contributed by atoms with van der Waals surface area (Å²) in [5.41, 5.74) is 2.01. The second-order valence-corrected chi connectivity index (χ2v) is 6.95. The van der Waals surface area contributed by atoms with Gasteiger partial charge in [-0.15, -0.1) is 10.2 Å². The van der Waals surface area contributed by atoms with Crippen LogP contribution in [0.1, 0.15) is 31.2 Å². The molecular weight excluding hydrogens is 426 g/mol. The third-order valence-corrected chi connectivity index (χ3v) is 4.97. The molecule has 2 N–H and O–H groups in total. The molecule has 3 rings (SSSR count). The van der Waals surface area contributed by atoms with E-state index in [9.17, 15) is 9.59 Å². The number of nitrogens with one attached hydrogen (secondary N) is 2. The highest BCUT2D eigenvalue weighted by Crippen LogP contribution is 2.41. The van der Waals surface area contributed by atoms with E-state index in [0.29, 0.717) is 27.8 Å². The van der Waals surface area contributed by atoms with Gasteiger partial charge in [-0.1, -0.05) is 35.0 Å². The average molecular weight is 448 g/mol. The van der Waals surface area contributed by atoms with Crippen LogP contribution in [0.4, 0.5) is 0 Å². The molecule has 1 aliphatic rings. The third-order valence-electron chi connectivity index (χ3n) is 4.63. The first-order chi connectivity index (χ1) is 15.0. The maximum Gasteiger partial charge on any atom is 0.336 e. The van der Waals surface area contributed by atoms with E-state index in [-0.39, 0.29) is 31.0 Å². The SMILES string of the molecule is CCOC(=O)C1=C(COCc2nn[nH]n2)NC(C)=C(C(=O)OC)C1c1ccccc1Cl. The Kier molecular flexibility index (Phi) is 7.37. The molecule has 0 radical (unpaired) electrons. The summed E-state index contributed by atoms with van der Waals surface area (Å²) >= 11 is 6.46. The Morgan fingerprint density at radius 2 is 1.94 bits per heavy atom. The quantitative estimate of drug-likeness (QED) is 0.584. The number of H-pyrrole nitrogens is 1. The predicted molar refractivity (Wildman–Crippen MR) is 110 cm³/mol. The van der Waals surface area contributed by atoms with Crippen molar-refractivity contribution in [2.45, 2.75) is 26.4 Å². The number of dihydropyridines is 1. The van der Waals surface area contributed by atoms with Crippen LogP contribution in [0.3, 0.4) is 0 Å². The minimum Gasteiger partial charge on any atom is -0.466 e. The number of carbonyl (C=O) groups is 2. The first-order valence-electron chi connectivity index (χ1n) is 9.48. The number of nitrogens with zero attached hydrogens (tertiary/aromatic N) is 3. The van der Waals surface area contributed by atoms with E-state index in [1.165, 1.54) is 7.11 Å². The standard InChI is InChI=1S/C20H22ClN5O5/c1-4-31-20(28)18-14(9-30-10-15-23-25-26-24-15)22-11(2)16(19(27)29-3)17(18)12-7-5-6-8-13(12)21/h5-8,17,22H,4,9-10H2,1-3H3,(H,23,24,25,26). The zero-order valence-corrected chi connectivity index (χ0v) is 18.0. The third kappa shape index (κ3) is 4.92. The highest BCUT2D eigenvalue weighted by atomic mass is 35.5. The van der Waals surface area contributed by atoms with E-state index >= 15 is 0 Å². The fourth-order valence-electron chi connectivity index (χ4n) is 3.35.